The molecular formula is C6H11F3O3. The maximum absolute atomic E-state index is 11.6. The van der Waals surface area contributed by atoms with Gasteiger partial charge in [0, 0.05) is 6.42 Å². The Morgan fingerprint density at radius 2 is 1.92 bits per heavy atom. The first-order chi connectivity index (χ1) is 5.45. The van der Waals surface area contributed by atoms with Gasteiger partial charge in [-0.05, 0) is 13.3 Å². The fraction of sp³-hybridized carbons (Fsp3) is 1.00. The van der Waals surface area contributed by atoms with Crippen molar-refractivity contribution < 1.29 is 28.0 Å². The Bertz CT molecular complexity index is 115. The zero-order chi connectivity index (χ0) is 9.61. The highest BCUT2D eigenvalue weighted by atomic mass is 19.4. The Labute approximate surface area is 68.3 Å². The fourth-order valence-corrected chi connectivity index (χ4v) is 0.521. The standard InChI is InChI=1S/C6H11F3O3/c1-5(11-12-10-2)3-4-6(7,8)9/h5H,3-4H2,1-2H3. The lowest BCUT2D eigenvalue weighted by Gasteiger charge is -2.10. The van der Waals surface area contributed by atoms with Gasteiger partial charge in [-0.25, -0.2) is 9.78 Å². The molecule has 0 aliphatic heterocycles. The van der Waals surface area contributed by atoms with Gasteiger partial charge in [-0.15, -0.1) is 0 Å². The maximum atomic E-state index is 11.6. The third-order valence-corrected chi connectivity index (χ3v) is 1.11. The SMILES string of the molecule is COOOC(C)CCC(F)(F)F. The number of hydrogen-bond donors (Lipinski definition) is 0. The molecule has 0 amide bonds. The van der Waals surface area contributed by atoms with E-state index in [1.165, 1.54) is 14.0 Å². The summed E-state index contributed by atoms with van der Waals surface area (Å²) in [5.41, 5.74) is 0. The van der Waals surface area contributed by atoms with Gasteiger partial charge in [0.2, 0.25) is 0 Å². The van der Waals surface area contributed by atoms with Crippen LogP contribution in [-0.4, -0.2) is 19.4 Å². The van der Waals surface area contributed by atoms with Crippen molar-refractivity contribution in [1.82, 2.24) is 0 Å². The number of alkyl halides is 3. The first kappa shape index (κ1) is 11.7. The van der Waals surface area contributed by atoms with Crippen molar-refractivity contribution in [1.29, 1.82) is 0 Å². The molecule has 0 spiro atoms. The van der Waals surface area contributed by atoms with E-state index in [4.69, 9.17) is 0 Å². The van der Waals surface area contributed by atoms with Crippen LogP contribution in [-0.2, 0) is 14.8 Å². The molecule has 0 rings (SSSR count). The van der Waals surface area contributed by atoms with Gasteiger partial charge in [0.15, 0.2) is 0 Å². The Morgan fingerprint density at radius 1 is 1.33 bits per heavy atom. The van der Waals surface area contributed by atoms with Crippen molar-refractivity contribution in [3.05, 3.63) is 0 Å². The summed E-state index contributed by atoms with van der Waals surface area (Å²) in [5.74, 6) is 0. The Balaban J connectivity index is 3.37. The molecule has 12 heavy (non-hydrogen) atoms. The van der Waals surface area contributed by atoms with Gasteiger partial charge in [0.1, 0.15) is 0 Å². The number of halogens is 3. The zero-order valence-corrected chi connectivity index (χ0v) is 6.85. The highest BCUT2D eigenvalue weighted by Gasteiger charge is 2.27. The highest BCUT2D eigenvalue weighted by molar-refractivity contribution is 4.54. The van der Waals surface area contributed by atoms with Crippen LogP contribution >= 0.6 is 0 Å². The van der Waals surface area contributed by atoms with E-state index in [1.807, 2.05) is 0 Å². The molecular weight excluding hydrogens is 177 g/mol. The van der Waals surface area contributed by atoms with E-state index in [0.717, 1.165) is 0 Å². The minimum Gasteiger partial charge on any atom is -0.210 e. The molecule has 0 aliphatic carbocycles. The third-order valence-electron chi connectivity index (χ3n) is 1.11. The van der Waals surface area contributed by atoms with Gasteiger partial charge in [-0.2, -0.15) is 13.2 Å². The summed E-state index contributed by atoms with van der Waals surface area (Å²) in [6, 6.07) is 0. The van der Waals surface area contributed by atoms with Crippen LogP contribution in [0.1, 0.15) is 19.8 Å². The van der Waals surface area contributed by atoms with Crippen molar-refractivity contribution >= 4 is 0 Å². The molecule has 3 nitrogen and oxygen atoms in total. The summed E-state index contributed by atoms with van der Waals surface area (Å²) in [5, 5.41) is 3.99. The monoisotopic (exact) mass is 188 g/mol. The minimum absolute atomic E-state index is 0.146. The normalized spacial score (nSPS) is 14.8. The van der Waals surface area contributed by atoms with Crippen LogP contribution < -0.4 is 0 Å². The first-order valence-corrected chi connectivity index (χ1v) is 3.38. The van der Waals surface area contributed by atoms with Crippen molar-refractivity contribution in [3.8, 4) is 0 Å². The molecule has 0 aromatic rings. The Kier molecular flexibility index (Phi) is 5.19. The van der Waals surface area contributed by atoms with E-state index in [-0.39, 0.29) is 6.42 Å². The molecule has 1 unspecified atom stereocenters. The predicted octanol–water partition coefficient (Wildman–Crippen LogP) is 2.23. The zero-order valence-electron chi connectivity index (χ0n) is 6.85. The van der Waals surface area contributed by atoms with Crippen LogP contribution in [0.5, 0.6) is 0 Å². The second kappa shape index (κ2) is 5.34. The Morgan fingerprint density at radius 3 is 2.33 bits per heavy atom. The van der Waals surface area contributed by atoms with Crippen molar-refractivity contribution in [2.45, 2.75) is 32.0 Å². The van der Waals surface area contributed by atoms with Crippen LogP contribution in [0.3, 0.4) is 0 Å². The molecule has 0 aromatic heterocycles. The fourth-order valence-electron chi connectivity index (χ4n) is 0.521. The third kappa shape index (κ3) is 7.77. The number of hydrogen-bond acceptors (Lipinski definition) is 3. The minimum atomic E-state index is -4.15. The lowest BCUT2D eigenvalue weighted by atomic mass is 10.2. The lowest BCUT2D eigenvalue weighted by Crippen LogP contribution is -2.14. The van der Waals surface area contributed by atoms with Gasteiger partial charge in [-0.1, -0.05) is 5.04 Å². The van der Waals surface area contributed by atoms with Crippen molar-refractivity contribution in [3.63, 3.8) is 0 Å². The first-order valence-electron chi connectivity index (χ1n) is 3.38. The molecule has 0 saturated heterocycles. The van der Waals surface area contributed by atoms with Crippen LogP contribution in [0, 0.1) is 0 Å². The molecule has 0 bridgehead atoms. The molecule has 0 saturated carbocycles. The van der Waals surface area contributed by atoms with E-state index in [1.54, 1.807) is 0 Å². The average Bonchev–Trinajstić information content (AvgIpc) is 1.95. The van der Waals surface area contributed by atoms with E-state index in [0.29, 0.717) is 0 Å². The van der Waals surface area contributed by atoms with Gasteiger partial charge in [-0.3, -0.25) is 0 Å². The van der Waals surface area contributed by atoms with Crippen LogP contribution in [0.4, 0.5) is 13.2 Å². The van der Waals surface area contributed by atoms with Crippen molar-refractivity contribution in [2.24, 2.45) is 0 Å². The summed E-state index contributed by atoms with van der Waals surface area (Å²) in [4.78, 5) is 8.41. The molecule has 0 aliphatic rings. The summed E-state index contributed by atoms with van der Waals surface area (Å²) >= 11 is 0. The quantitative estimate of drug-likeness (QED) is 0.489. The van der Waals surface area contributed by atoms with Gasteiger partial charge in [0.05, 0.1) is 13.2 Å². The van der Waals surface area contributed by atoms with E-state index in [2.05, 4.69) is 14.8 Å². The van der Waals surface area contributed by atoms with E-state index < -0.39 is 18.7 Å². The molecule has 6 heteroatoms. The highest BCUT2D eigenvalue weighted by Crippen LogP contribution is 2.22. The second-order valence-corrected chi connectivity index (χ2v) is 2.30. The van der Waals surface area contributed by atoms with Crippen LogP contribution in [0.15, 0.2) is 0 Å². The average molecular weight is 188 g/mol. The summed E-state index contributed by atoms with van der Waals surface area (Å²) < 4.78 is 34.8. The Hall–Kier alpha value is -0.330. The molecule has 0 fully saturated rings. The maximum Gasteiger partial charge on any atom is 0.389 e. The van der Waals surface area contributed by atoms with Crippen LogP contribution in [0.25, 0.3) is 0 Å². The molecule has 74 valence electrons. The lowest BCUT2D eigenvalue weighted by molar-refractivity contribution is -0.516. The van der Waals surface area contributed by atoms with E-state index >= 15 is 0 Å². The summed E-state index contributed by atoms with van der Waals surface area (Å²) in [7, 11) is 1.20. The number of rotatable bonds is 5. The molecule has 0 aromatic carbocycles. The van der Waals surface area contributed by atoms with Crippen LogP contribution in [0.2, 0.25) is 0 Å². The largest absolute Gasteiger partial charge is 0.389 e. The topological polar surface area (TPSA) is 27.7 Å². The second-order valence-electron chi connectivity index (χ2n) is 2.30. The van der Waals surface area contributed by atoms with Gasteiger partial charge < -0.3 is 0 Å². The van der Waals surface area contributed by atoms with E-state index in [9.17, 15) is 13.2 Å². The molecule has 0 radical (unpaired) electrons. The smallest absolute Gasteiger partial charge is 0.210 e. The molecule has 0 heterocycles. The summed E-state index contributed by atoms with van der Waals surface area (Å²) in [6.07, 6.45) is -5.81. The summed E-state index contributed by atoms with van der Waals surface area (Å²) in [6.45, 7) is 1.46. The van der Waals surface area contributed by atoms with Gasteiger partial charge in [0.25, 0.3) is 0 Å². The van der Waals surface area contributed by atoms with Gasteiger partial charge >= 0.3 is 6.18 Å². The predicted molar refractivity (Wildman–Crippen MR) is 33.9 cm³/mol. The molecule has 0 N–H and O–H groups in total. The molecule has 1 atom stereocenters. The van der Waals surface area contributed by atoms with Crippen molar-refractivity contribution in [2.75, 3.05) is 7.11 Å².